The Kier molecular flexibility index (Phi) is 3.11. The lowest BCUT2D eigenvalue weighted by atomic mass is 10.3. The third-order valence-electron chi connectivity index (χ3n) is 2.14. The summed E-state index contributed by atoms with van der Waals surface area (Å²) in [4.78, 5) is 2.12. The van der Waals surface area contributed by atoms with E-state index in [0.717, 1.165) is 11.6 Å². The van der Waals surface area contributed by atoms with Gasteiger partial charge in [-0.1, -0.05) is 11.3 Å². The smallest absolute Gasteiger partial charge is 0.203 e. The van der Waals surface area contributed by atoms with Gasteiger partial charge in [-0.05, 0) is 0 Å². The predicted octanol–water partition coefficient (Wildman–Crippen LogP) is -0.155. The van der Waals surface area contributed by atoms with Crippen LogP contribution in [-0.2, 0) is 11.3 Å². The number of rotatable bonds is 2. The first-order valence-corrected chi connectivity index (χ1v) is 5.41. The summed E-state index contributed by atoms with van der Waals surface area (Å²) < 4.78 is 5.24. The van der Waals surface area contributed by atoms with Gasteiger partial charge in [-0.25, -0.2) is 0 Å². The molecule has 0 saturated carbocycles. The van der Waals surface area contributed by atoms with Gasteiger partial charge in [0.2, 0.25) is 5.13 Å². The van der Waals surface area contributed by atoms with Gasteiger partial charge in [-0.3, -0.25) is 4.90 Å². The summed E-state index contributed by atoms with van der Waals surface area (Å²) in [7, 11) is 0. The molecule has 0 bridgehead atoms. The Morgan fingerprint density at radius 2 is 2.53 bits per heavy atom. The van der Waals surface area contributed by atoms with Crippen LogP contribution in [0.1, 0.15) is 5.01 Å². The first kappa shape index (κ1) is 10.3. The van der Waals surface area contributed by atoms with Gasteiger partial charge < -0.3 is 10.5 Å². The van der Waals surface area contributed by atoms with Crippen molar-refractivity contribution < 1.29 is 4.74 Å². The van der Waals surface area contributed by atoms with Gasteiger partial charge in [-0.15, -0.1) is 10.2 Å². The second-order valence-corrected chi connectivity index (χ2v) is 4.35. The van der Waals surface area contributed by atoms with Crippen LogP contribution in [0.5, 0.6) is 0 Å². The summed E-state index contributed by atoms with van der Waals surface area (Å²) in [6.07, 6.45) is -0.330. The quantitative estimate of drug-likeness (QED) is 0.752. The SMILES string of the molecule is N#CC1CN(Cc2nnc(N)s2)CCO1. The lowest BCUT2D eigenvalue weighted by molar-refractivity contribution is -0.00277. The molecule has 1 aromatic rings. The fraction of sp³-hybridized carbons (Fsp3) is 0.625. The van der Waals surface area contributed by atoms with Crippen molar-refractivity contribution >= 4 is 16.5 Å². The minimum atomic E-state index is -0.330. The molecule has 0 aromatic carbocycles. The first-order chi connectivity index (χ1) is 7.28. The Balaban J connectivity index is 1.92. The molecule has 2 heterocycles. The molecule has 0 spiro atoms. The Bertz CT molecular complexity index is 373. The molecular weight excluding hydrogens is 214 g/mol. The highest BCUT2D eigenvalue weighted by Gasteiger charge is 2.20. The number of anilines is 1. The molecule has 1 atom stereocenters. The van der Waals surface area contributed by atoms with Crippen molar-refractivity contribution in [1.82, 2.24) is 15.1 Å². The highest BCUT2D eigenvalue weighted by Crippen LogP contribution is 2.15. The number of morpholine rings is 1. The average molecular weight is 225 g/mol. The number of nitrogens with zero attached hydrogens (tertiary/aromatic N) is 4. The van der Waals surface area contributed by atoms with Gasteiger partial charge in [-0.2, -0.15) is 5.26 Å². The number of ether oxygens (including phenoxy) is 1. The van der Waals surface area contributed by atoms with Crippen molar-refractivity contribution in [3.8, 4) is 6.07 Å². The highest BCUT2D eigenvalue weighted by atomic mass is 32.1. The van der Waals surface area contributed by atoms with Crippen molar-refractivity contribution in [2.75, 3.05) is 25.4 Å². The molecular formula is C8H11N5OS. The maximum Gasteiger partial charge on any atom is 0.203 e. The fourth-order valence-electron chi connectivity index (χ4n) is 1.45. The van der Waals surface area contributed by atoms with E-state index in [1.54, 1.807) is 0 Å². The summed E-state index contributed by atoms with van der Waals surface area (Å²) in [6, 6.07) is 2.10. The largest absolute Gasteiger partial charge is 0.374 e. The molecule has 2 N–H and O–H groups in total. The van der Waals surface area contributed by atoms with Crippen LogP contribution < -0.4 is 5.73 Å². The van der Waals surface area contributed by atoms with Crippen LogP contribution >= 0.6 is 11.3 Å². The molecule has 0 aliphatic carbocycles. The molecule has 2 rings (SSSR count). The van der Waals surface area contributed by atoms with Crippen LogP contribution in [0.25, 0.3) is 0 Å². The van der Waals surface area contributed by atoms with E-state index in [-0.39, 0.29) is 6.10 Å². The molecule has 7 heteroatoms. The zero-order valence-corrected chi connectivity index (χ0v) is 8.90. The van der Waals surface area contributed by atoms with Crippen LogP contribution in [0.4, 0.5) is 5.13 Å². The molecule has 0 radical (unpaired) electrons. The van der Waals surface area contributed by atoms with Crippen molar-refractivity contribution in [2.24, 2.45) is 0 Å². The average Bonchev–Trinajstić information content (AvgIpc) is 2.64. The van der Waals surface area contributed by atoms with Gasteiger partial charge >= 0.3 is 0 Å². The van der Waals surface area contributed by atoms with Crippen molar-refractivity contribution in [3.63, 3.8) is 0 Å². The van der Waals surface area contributed by atoms with Crippen LogP contribution in [0, 0.1) is 11.3 Å². The number of nitrogen functional groups attached to an aromatic ring is 1. The van der Waals surface area contributed by atoms with Crippen LogP contribution in [0.2, 0.25) is 0 Å². The summed E-state index contributed by atoms with van der Waals surface area (Å²) in [5.74, 6) is 0. The van der Waals surface area contributed by atoms with Crippen molar-refractivity contribution in [2.45, 2.75) is 12.6 Å². The number of hydrogen-bond donors (Lipinski definition) is 1. The maximum atomic E-state index is 8.73. The van der Waals surface area contributed by atoms with Crippen molar-refractivity contribution in [3.05, 3.63) is 5.01 Å². The summed E-state index contributed by atoms with van der Waals surface area (Å²) in [5.41, 5.74) is 5.49. The number of nitrogens with two attached hydrogens (primary N) is 1. The topological polar surface area (TPSA) is 88.1 Å². The molecule has 6 nitrogen and oxygen atoms in total. The van der Waals surface area contributed by atoms with E-state index in [1.165, 1.54) is 11.3 Å². The minimum Gasteiger partial charge on any atom is -0.374 e. The Hall–Kier alpha value is -1.23. The fourth-order valence-corrected chi connectivity index (χ4v) is 2.10. The molecule has 1 unspecified atom stereocenters. The van der Waals surface area contributed by atoms with Crippen molar-refractivity contribution in [1.29, 1.82) is 5.26 Å². The van der Waals surface area contributed by atoms with Gasteiger partial charge in [0.25, 0.3) is 0 Å². The second-order valence-electron chi connectivity index (χ2n) is 3.26. The van der Waals surface area contributed by atoms with E-state index in [9.17, 15) is 0 Å². The third kappa shape index (κ3) is 2.62. The van der Waals surface area contributed by atoms with E-state index in [0.29, 0.717) is 24.8 Å². The molecule has 1 fully saturated rings. The Labute approximate surface area is 91.3 Å². The van der Waals surface area contributed by atoms with Gasteiger partial charge in [0, 0.05) is 13.1 Å². The van der Waals surface area contributed by atoms with Gasteiger partial charge in [0.05, 0.1) is 19.2 Å². The van der Waals surface area contributed by atoms with Crippen LogP contribution in [-0.4, -0.2) is 40.9 Å². The lowest BCUT2D eigenvalue weighted by Gasteiger charge is -2.28. The van der Waals surface area contributed by atoms with E-state index >= 15 is 0 Å². The predicted molar refractivity (Wildman–Crippen MR) is 55.0 cm³/mol. The van der Waals surface area contributed by atoms with Gasteiger partial charge in [0.15, 0.2) is 6.10 Å². The van der Waals surface area contributed by atoms with E-state index in [1.807, 2.05) is 0 Å². The zero-order valence-electron chi connectivity index (χ0n) is 8.09. The molecule has 1 aromatic heterocycles. The molecule has 80 valence electrons. The first-order valence-electron chi connectivity index (χ1n) is 4.59. The molecule has 0 amide bonds. The van der Waals surface area contributed by atoms with Crippen LogP contribution in [0.3, 0.4) is 0 Å². The van der Waals surface area contributed by atoms with E-state index in [2.05, 4.69) is 21.2 Å². The number of hydrogen-bond acceptors (Lipinski definition) is 7. The second kappa shape index (κ2) is 4.53. The summed E-state index contributed by atoms with van der Waals surface area (Å²) >= 11 is 1.38. The van der Waals surface area contributed by atoms with E-state index in [4.69, 9.17) is 15.7 Å². The molecule has 1 aliphatic rings. The van der Waals surface area contributed by atoms with Gasteiger partial charge in [0.1, 0.15) is 5.01 Å². The Morgan fingerprint density at radius 3 is 3.20 bits per heavy atom. The Morgan fingerprint density at radius 1 is 1.67 bits per heavy atom. The standard InChI is InChI=1S/C8H11N5OS/c9-3-6-4-13(1-2-14-6)5-7-11-12-8(10)15-7/h6H,1-2,4-5H2,(H2,10,12). The normalized spacial score (nSPS) is 22.5. The highest BCUT2D eigenvalue weighted by molar-refractivity contribution is 7.15. The molecule has 1 aliphatic heterocycles. The molecule has 1 saturated heterocycles. The number of aromatic nitrogens is 2. The zero-order chi connectivity index (χ0) is 10.7. The lowest BCUT2D eigenvalue weighted by Crippen LogP contribution is -2.41. The molecule has 15 heavy (non-hydrogen) atoms. The summed E-state index contributed by atoms with van der Waals surface area (Å²) in [5, 5.41) is 17.8. The summed E-state index contributed by atoms with van der Waals surface area (Å²) in [6.45, 7) is 2.72. The van der Waals surface area contributed by atoms with Crippen LogP contribution in [0.15, 0.2) is 0 Å². The monoisotopic (exact) mass is 225 g/mol. The van der Waals surface area contributed by atoms with E-state index < -0.39 is 0 Å². The maximum absolute atomic E-state index is 8.73. The number of nitriles is 1. The minimum absolute atomic E-state index is 0.330. The third-order valence-corrected chi connectivity index (χ3v) is 2.87.